The smallest absolute Gasteiger partial charge is 0.307 e. The van der Waals surface area contributed by atoms with E-state index in [0.717, 1.165) is 55.3 Å². The van der Waals surface area contributed by atoms with E-state index in [4.69, 9.17) is 16.3 Å². The van der Waals surface area contributed by atoms with Crippen molar-refractivity contribution < 1.29 is 9.53 Å². The Labute approximate surface area is 131 Å². The molecule has 2 heterocycles. The van der Waals surface area contributed by atoms with Crippen LogP contribution < -0.4 is 0 Å². The molecule has 1 atom stereocenters. The van der Waals surface area contributed by atoms with Crippen LogP contribution in [0.15, 0.2) is 0 Å². The van der Waals surface area contributed by atoms with E-state index in [2.05, 4.69) is 16.9 Å². The predicted molar refractivity (Wildman–Crippen MR) is 82.3 cm³/mol. The molecular formula is C15H24ClN3O2. The third-order valence-corrected chi connectivity index (χ3v) is 4.68. The van der Waals surface area contributed by atoms with Gasteiger partial charge in [-0.2, -0.15) is 5.10 Å². The summed E-state index contributed by atoms with van der Waals surface area (Å²) in [6.45, 7) is 6.54. The lowest BCUT2D eigenvalue weighted by atomic mass is 9.99. The largest absolute Gasteiger partial charge is 0.469 e. The molecule has 1 unspecified atom stereocenters. The van der Waals surface area contributed by atoms with Crippen LogP contribution >= 0.6 is 11.6 Å². The van der Waals surface area contributed by atoms with Gasteiger partial charge in [0.25, 0.3) is 0 Å². The molecule has 0 radical (unpaired) electrons. The highest BCUT2D eigenvalue weighted by atomic mass is 35.5. The Kier molecular flexibility index (Phi) is 5.65. The molecule has 6 heteroatoms. The van der Waals surface area contributed by atoms with Gasteiger partial charge < -0.3 is 4.74 Å². The van der Waals surface area contributed by atoms with Crippen molar-refractivity contribution in [3.8, 4) is 0 Å². The third kappa shape index (κ3) is 3.77. The van der Waals surface area contributed by atoms with Crippen LogP contribution in [-0.2, 0) is 22.6 Å². The van der Waals surface area contributed by atoms with Gasteiger partial charge in [-0.1, -0.05) is 18.0 Å². The standard InChI is InChI=1S/C15H24ClN3O2/c1-4-19-13(15(16)11(2)17-19)10-18-8-6-5-7-12(18)9-14(20)21-3/h12H,4-10H2,1-3H3. The van der Waals surface area contributed by atoms with Crippen LogP contribution in [0.3, 0.4) is 0 Å². The Bertz CT molecular complexity index is 501. The summed E-state index contributed by atoms with van der Waals surface area (Å²) in [6, 6.07) is 0.239. The van der Waals surface area contributed by atoms with Gasteiger partial charge in [-0.25, -0.2) is 0 Å². The summed E-state index contributed by atoms with van der Waals surface area (Å²) in [5.74, 6) is -0.141. The number of ether oxygens (including phenoxy) is 1. The minimum absolute atomic E-state index is 0.141. The number of rotatable bonds is 5. The number of carbonyl (C=O) groups excluding carboxylic acids is 1. The molecule has 1 aliphatic heterocycles. The summed E-state index contributed by atoms with van der Waals surface area (Å²) >= 11 is 6.39. The van der Waals surface area contributed by atoms with Gasteiger partial charge in [-0.3, -0.25) is 14.4 Å². The van der Waals surface area contributed by atoms with Crippen molar-refractivity contribution >= 4 is 17.6 Å². The fourth-order valence-corrected chi connectivity index (χ4v) is 3.18. The quantitative estimate of drug-likeness (QED) is 0.784. The average molecular weight is 314 g/mol. The number of carbonyl (C=O) groups is 1. The summed E-state index contributed by atoms with van der Waals surface area (Å²) in [6.07, 6.45) is 3.81. The molecule has 21 heavy (non-hydrogen) atoms. The molecule has 118 valence electrons. The molecule has 0 aliphatic carbocycles. The Morgan fingerprint density at radius 1 is 1.48 bits per heavy atom. The van der Waals surface area contributed by atoms with E-state index in [-0.39, 0.29) is 12.0 Å². The van der Waals surface area contributed by atoms with Gasteiger partial charge in [0.2, 0.25) is 0 Å². The molecule has 0 aromatic carbocycles. The Morgan fingerprint density at radius 2 is 2.24 bits per heavy atom. The van der Waals surface area contributed by atoms with Crippen molar-refractivity contribution in [3.63, 3.8) is 0 Å². The topological polar surface area (TPSA) is 47.4 Å². The summed E-state index contributed by atoms with van der Waals surface area (Å²) in [5.41, 5.74) is 1.92. The highest BCUT2D eigenvalue weighted by Gasteiger charge is 2.27. The maximum atomic E-state index is 11.6. The number of esters is 1. The molecule has 1 aromatic rings. The zero-order chi connectivity index (χ0) is 15.4. The molecular weight excluding hydrogens is 290 g/mol. The first-order valence-corrected chi connectivity index (χ1v) is 7.97. The fraction of sp³-hybridized carbons (Fsp3) is 0.733. The second-order valence-electron chi connectivity index (χ2n) is 5.56. The number of methoxy groups -OCH3 is 1. The monoisotopic (exact) mass is 313 g/mol. The van der Waals surface area contributed by atoms with Crippen LogP contribution in [-0.4, -0.2) is 40.3 Å². The summed E-state index contributed by atoms with van der Waals surface area (Å²) in [5, 5.41) is 5.21. The van der Waals surface area contributed by atoms with Crippen molar-refractivity contribution in [2.75, 3.05) is 13.7 Å². The predicted octanol–water partition coefficient (Wildman–Crippen LogP) is 2.78. The van der Waals surface area contributed by atoms with Crippen LogP contribution in [0.25, 0.3) is 0 Å². The van der Waals surface area contributed by atoms with E-state index in [1.165, 1.54) is 7.11 Å². The van der Waals surface area contributed by atoms with Crippen molar-refractivity contribution in [3.05, 3.63) is 16.4 Å². The first-order chi connectivity index (χ1) is 10.1. The van der Waals surface area contributed by atoms with Crippen molar-refractivity contribution in [2.45, 2.75) is 58.7 Å². The van der Waals surface area contributed by atoms with E-state index in [9.17, 15) is 4.79 Å². The zero-order valence-corrected chi connectivity index (χ0v) is 13.8. The number of halogens is 1. The Morgan fingerprint density at radius 3 is 2.90 bits per heavy atom. The second-order valence-corrected chi connectivity index (χ2v) is 5.94. The van der Waals surface area contributed by atoms with Crippen molar-refractivity contribution in [2.24, 2.45) is 0 Å². The zero-order valence-electron chi connectivity index (χ0n) is 13.1. The van der Waals surface area contributed by atoms with Gasteiger partial charge in [-0.05, 0) is 33.2 Å². The summed E-state index contributed by atoms with van der Waals surface area (Å²) in [4.78, 5) is 13.9. The van der Waals surface area contributed by atoms with Gasteiger partial charge in [0.05, 0.1) is 29.9 Å². The fourth-order valence-electron chi connectivity index (χ4n) is 2.99. The van der Waals surface area contributed by atoms with E-state index in [1.807, 2.05) is 11.6 Å². The minimum atomic E-state index is -0.141. The van der Waals surface area contributed by atoms with Gasteiger partial charge in [0.15, 0.2) is 0 Å². The molecule has 0 saturated carbocycles. The highest BCUT2D eigenvalue weighted by molar-refractivity contribution is 6.31. The Balaban J connectivity index is 2.13. The lowest BCUT2D eigenvalue weighted by molar-refractivity contribution is -0.142. The molecule has 1 aliphatic rings. The van der Waals surface area contributed by atoms with E-state index < -0.39 is 0 Å². The number of hydrogen-bond donors (Lipinski definition) is 0. The lowest BCUT2D eigenvalue weighted by Gasteiger charge is -2.35. The normalized spacial score (nSPS) is 19.7. The Hall–Kier alpha value is -1.07. The van der Waals surface area contributed by atoms with Crippen molar-refractivity contribution in [1.29, 1.82) is 0 Å². The van der Waals surface area contributed by atoms with Crippen molar-refractivity contribution in [1.82, 2.24) is 14.7 Å². The van der Waals surface area contributed by atoms with E-state index in [1.54, 1.807) is 0 Å². The molecule has 1 saturated heterocycles. The van der Waals surface area contributed by atoms with E-state index in [0.29, 0.717) is 6.42 Å². The molecule has 0 bridgehead atoms. The van der Waals surface area contributed by atoms with E-state index >= 15 is 0 Å². The molecule has 1 fully saturated rings. The molecule has 2 rings (SSSR count). The molecule has 0 amide bonds. The maximum Gasteiger partial charge on any atom is 0.307 e. The third-order valence-electron chi connectivity index (χ3n) is 4.18. The second kappa shape index (κ2) is 7.27. The molecule has 0 N–H and O–H groups in total. The number of aromatic nitrogens is 2. The molecule has 0 spiro atoms. The first-order valence-electron chi connectivity index (χ1n) is 7.59. The van der Waals surface area contributed by atoms with Gasteiger partial charge in [0.1, 0.15) is 0 Å². The average Bonchev–Trinajstić information content (AvgIpc) is 2.76. The highest BCUT2D eigenvalue weighted by Crippen LogP contribution is 2.26. The number of piperidine rings is 1. The first kappa shape index (κ1) is 16.3. The lowest BCUT2D eigenvalue weighted by Crippen LogP contribution is -2.41. The van der Waals surface area contributed by atoms with Crippen LogP contribution in [0.1, 0.15) is 44.0 Å². The SMILES string of the molecule is CCn1nc(C)c(Cl)c1CN1CCCCC1CC(=O)OC. The number of aryl methyl sites for hydroxylation is 2. The maximum absolute atomic E-state index is 11.6. The molecule has 1 aromatic heterocycles. The minimum Gasteiger partial charge on any atom is -0.469 e. The van der Waals surface area contributed by atoms with Crippen LogP contribution in [0.4, 0.5) is 0 Å². The number of hydrogen-bond acceptors (Lipinski definition) is 4. The summed E-state index contributed by atoms with van der Waals surface area (Å²) in [7, 11) is 1.45. The summed E-state index contributed by atoms with van der Waals surface area (Å²) < 4.78 is 6.77. The van der Waals surface area contributed by atoms with Gasteiger partial charge in [0, 0.05) is 19.1 Å². The number of nitrogens with zero attached hydrogens (tertiary/aromatic N) is 3. The van der Waals surface area contributed by atoms with Crippen LogP contribution in [0.2, 0.25) is 5.02 Å². The van der Waals surface area contributed by atoms with Gasteiger partial charge in [-0.15, -0.1) is 0 Å². The number of likely N-dealkylation sites (tertiary alicyclic amines) is 1. The molecule has 5 nitrogen and oxygen atoms in total. The van der Waals surface area contributed by atoms with Crippen LogP contribution in [0.5, 0.6) is 0 Å². The van der Waals surface area contributed by atoms with Crippen LogP contribution in [0, 0.1) is 6.92 Å². The van der Waals surface area contributed by atoms with Gasteiger partial charge >= 0.3 is 5.97 Å².